The molecule has 17 heteroatoms. The molecule has 1 aromatic rings. The Bertz CT molecular complexity index is 819. The van der Waals surface area contributed by atoms with Crippen molar-refractivity contribution in [3.8, 4) is 4.98 Å². The van der Waals surface area contributed by atoms with Crippen molar-refractivity contribution in [1.29, 1.82) is 5.26 Å². The molecule has 0 unspecified atom stereocenters. The molecule has 38 heavy (non-hydrogen) atoms. The summed E-state index contributed by atoms with van der Waals surface area (Å²) in [6.45, 7) is 4.49. The number of carbonyl (C=O) groups is 3. The number of carboxylic acid groups (broad SMARTS) is 3. The zero-order valence-electron chi connectivity index (χ0n) is 20.7. The quantitative estimate of drug-likeness (QED) is 0.126. The number of halogens is 3. The van der Waals surface area contributed by atoms with Crippen molar-refractivity contribution < 1.29 is 29.7 Å². The second kappa shape index (κ2) is 30.5. The number of benzene rings is 1. The average Bonchev–Trinajstić information content (AvgIpc) is 3.22. The Morgan fingerprint density at radius 3 is 1.89 bits per heavy atom. The summed E-state index contributed by atoms with van der Waals surface area (Å²) in [6, 6.07) is 10.1. The van der Waals surface area contributed by atoms with Crippen LogP contribution >= 0.6 is 40.7 Å². The van der Waals surface area contributed by atoms with E-state index in [2.05, 4.69) is 49.0 Å². The predicted molar refractivity (Wildman–Crippen MR) is 153 cm³/mol. The van der Waals surface area contributed by atoms with E-state index in [0.717, 1.165) is 13.1 Å². The normalized spacial score (nSPS) is 10.7. The predicted octanol–water partition coefficient (Wildman–Crippen LogP) is -0.523. The zero-order chi connectivity index (χ0) is 27.6. The Morgan fingerprint density at radius 1 is 0.974 bits per heavy atom. The van der Waals surface area contributed by atoms with Crippen molar-refractivity contribution >= 4 is 64.6 Å². The van der Waals surface area contributed by atoms with Gasteiger partial charge in [0, 0.05) is 55.2 Å². The maximum Gasteiger partial charge on any atom is 0.323 e. The minimum Gasteiger partial charge on any atom is -0.480 e. The summed E-state index contributed by atoms with van der Waals surface area (Å²) in [7, 11) is 0. The smallest absolute Gasteiger partial charge is 0.323 e. The van der Waals surface area contributed by atoms with Crippen LogP contribution in [0.3, 0.4) is 0 Å². The van der Waals surface area contributed by atoms with Crippen LogP contribution in [-0.4, -0.2) is 103 Å². The molecule has 218 valence electrons. The first kappa shape index (κ1) is 42.4. The SMILES string of the molecule is Cl.Cl.N#CBr.NC1=NCCN1CC(=O)O.NCCNCC(=O)O.O=C(O)CNCCNCc1ccccc1. The van der Waals surface area contributed by atoms with E-state index in [1.807, 2.05) is 18.2 Å². The fraction of sp³-hybridized carbons (Fsp3) is 0.476. The number of nitriles is 1. The van der Waals surface area contributed by atoms with Gasteiger partial charge in [-0.1, -0.05) is 30.3 Å². The summed E-state index contributed by atoms with van der Waals surface area (Å²) in [6.07, 6.45) is 0. The standard InChI is InChI=1S/C11H16N2O2.C5H9N3O2.C4H10N2O2.CBrN.2ClH/c14-11(15)9-13-7-6-12-8-10-4-2-1-3-5-10;6-5-7-1-2-8(5)3-4(9)10;5-1-2-6-3-4(7)8;2-1-3;;/h1-5,12-13H,6-9H2,(H,14,15);1-3H2,(H2,6,7)(H,9,10);6H,1-3,5H2,(H,7,8);;2*1H. The number of nitrogens with one attached hydrogen (secondary N) is 3. The molecule has 0 aromatic heterocycles. The summed E-state index contributed by atoms with van der Waals surface area (Å²) >= 11 is 2.45. The first-order chi connectivity index (χ1) is 17.2. The number of carboxylic acids is 3. The highest BCUT2D eigenvalue weighted by molar-refractivity contribution is 9.12. The summed E-state index contributed by atoms with van der Waals surface area (Å²) in [5.74, 6) is -2.21. The lowest BCUT2D eigenvalue weighted by Crippen LogP contribution is -2.37. The summed E-state index contributed by atoms with van der Waals surface area (Å²) in [5.41, 5.74) is 11.6. The molecular formula is C21H37BrCl2N8O6. The summed E-state index contributed by atoms with van der Waals surface area (Å²) < 4.78 is 0. The molecule has 10 N–H and O–H groups in total. The molecule has 14 nitrogen and oxygen atoms in total. The molecule has 0 amide bonds. The Balaban J connectivity index is -0.000000221. The van der Waals surface area contributed by atoms with Gasteiger partial charge in [-0.2, -0.15) is 5.26 Å². The fourth-order valence-electron chi connectivity index (χ4n) is 2.32. The number of nitrogens with zero attached hydrogens (tertiary/aromatic N) is 3. The largest absolute Gasteiger partial charge is 0.480 e. The van der Waals surface area contributed by atoms with Crippen LogP contribution in [0.1, 0.15) is 5.56 Å². The number of aliphatic carboxylic acids is 3. The Morgan fingerprint density at radius 2 is 1.47 bits per heavy atom. The molecule has 0 bridgehead atoms. The lowest BCUT2D eigenvalue weighted by molar-refractivity contribution is -0.138. The molecule has 0 atom stereocenters. The third kappa shape index (κ3) is 31.3. The zero-order valence-corrected chi connectivity index (χ0v) is 23.9. The Hall–Kier alpha value is -2.71. The van der Waals surface area contributed by atoms with Crippen molar-refractivity contribution in [1.82, 2.24) is 20.9 Å². The number of hydrogen-bond acceptors (Lipinski definition) is 11. The second-order valence-electron chi connectivity index (χ2n) is 6.73. The van der Waals surface area contributed by atoms with E-state index >= 15 is 0 Å². The van der Waals surface area contributed by atoms with Crippen molar-refractivity contribution in [3.63, 3.8) is 0 Å². The molecule has 0 fully saturated rings. The highest BCUT2D eigenvalue weighted by Crippen LogP contribution is 1.96. The second-order valence-corrected chi connectivity index (χ2v) is 7.09. The summed E-state index contributed by atoms with van der Waals surface area (Å²) in [4.78, 5) is 37.0. The Labute approximate surface area is 242 Å². The van der Waals surface area contributed by atoms with Crippen LogP contribution in [0.4, 0.5) is 0 Å². The van der Waals surface area contributed by atoms with Gasteiger partial charge in [0.2, 0.25) is 0 Å². The van der Waals surface area contributed by atoms with E-state index in [1.54, 1.807) is 4.98 Å². The van der Waals surface area contributed by atoms with E-state index < -0.39 is 17.9 Å². The van der Waals surface area contributed by atoms with Crippen LogP contribution in [-0.2, 0) is 20.9 Å². The molecule has 1 heterocycles. The third-order valence-electron chi connectivity index (χ3n) is 3.82. The van der Waals surface area contributed by atoms with E-state index in [1.165, 1.54) is 10.5 Å². The van der Waals surface area contributed by atoms with Crippen LogP contribution in [0, 0.1) is 10.2 Å². The molecule has 0 aliphatic carbocycles. The van der Waals surface area contributed by atoms with Crippen molar-refractivity contribution in [3.05, 3.63) is 35.9 Å². The van der Waals surface area contributed by atoms with Gasteiger partial charge in [-0.3, -0.25) is 19.4 Å². The van der Waals surface area contributed by atoms with Gasteiger partial charge in [0.05, 0.1) is 19.6 Å². The van der Waals surface area contributed by atoms with Gasteiger partial charge in [0.15, 0.2) is 5.96 Å². The van der Waals surface area contributed by atoms with Gasteiger partial charge in [0.25, 0.3) is 0 Å². The van der Waals surface area contributed by atoms with E-state index in [0.29, 0.717) is 38.7 Å². The van der Waals surface area contributed by atoms with Crippen molar-refractivity contribution in [2.75, 3.05) is 58.9 Å². The fourth-order valence-corrected chi connectivity index (χ4v) is 2.32. The van der Waals surface area contributed by atoms with E-state index in [4.69, 9.17) is 32.0 Å². The van der Waals surface area contributed by atoms with Crippen molar-refractivity contribution in [2.45, 2.75) is 6.54 Å². The molecular weight excluding hydrogens is 611 g/mol. The average molecular weight is 648 g/mol. The number of rotatable bonds is 13. The van der Waals surface area contributed by atoms with Gasteiger partial charge in [-0.15, -0.1) is 24.8 Å². The Kier molecular flexibility index (Phi) is 34.0. The molecule has 1 aliphatic heterocycles. The maximum absolute atomic E-state index is 10.2. The molecule has 1 aliphatic rings. The molecule has 1 aromatic carbocycles. The highest BCUT2D eigenvalue weighted by atomic mass is 79.9. The monoisotopic (exact) mass is 646 g/mol. The molecule has 0 spiro atoms. The molecule has 0 radical (unpaired) electrons. The van der Waals surface area contributed by atoms with Crippen LogP contribution < -0.4 is 27.4 Å². The number of nitrogens with two attached hydrogens (primary N) is 2. The van der Waals surface area contributed by atoms with Gasteiger partial charge >= 0.3 is 17.9 Å². The van der Waals surface area contributed by atoms with Gasteiger partial charge in [-0.05, 0) is 5.56 Å². The highest BCUT2D eigenvalue weighted by Gasteiger charge is 2.15. The van der Waals surface area contributed by atoms with Crippen LogP contribution in [0.2, 0.25) is 0 Å². The first-order valence-electron chi connectivity index (χ1n) is 10.7. The van der Waals surface area contributed by atoms with Crippen LogP contribution in [0.15, 0.2) is 35.3 Å². The lowest BCUT2D eigenvalue weighted by Gasteiger charge is -2.13. The van der Waals surface area contributed by atoms with Gasteiger partial charge in [-0.25, -0.2) is 0 Å². The topological polar surface area (TPSA) is 239 Å². The molecule has 0 saturated heterocycles. The molecule has 2 rings (SSSR count). The molecule has 0 saturated carbocycles. The van der Waals surface area contributed by atoms with E-state index in [9.17, 15) is 14.4 Å². The van der Waals surface area contributed by atoms with Gasteiger partial charge in [0.1, 0.15) is 11.5 Å². The summed E-state index contributed by atoms with van der Waals surface area (Å²) in [5, 5.41) is 40.6. The number of guanidine groups is 1. The van der Waals surface area contributed by atoms with Crippen LogP contribution in [0.5, 0.6) is 0 Å². The lowest BCUT2D eigenvalue weighted by atomic mass is 10.2. The minimum atomic E-state index is -0.875. The minimum absolute atomic E-state index is 0. The number of hydrogen-bond donors (Lipinski definition) is 8. The van der Waals surface area contributed by atoms with Crippen molar-refractivity contribution in [2.24, 2.45) is 16.5 Å². The van der Waals surface area contributed by atoms with Crippen LogP contribution in [0.25, 0.3) is 0 Å². The number of aliphatic imine (C=N–C) groups is 1. The maximum atomic E-state index is 10.2. The third-order valence-corrected chi connectivity index (χ3v) is 3.82. The van der Waals surface area contributed by atoms with Gasteiger partial charge < -0.3 is 47.6 Å². The first-order valence-corrected chi connectivity index (χ1v) is 11.5. The van der Waals surface area contributed by atoms with E-state index in [-0.39, 0.29) is 44.4 Å².